The number of thiazole rings is 1. The van der Waals surface area contributed by atoms with E-state index >= 15 is 0 Å². The number of carbonyl (C=O) groups is 2. The molecule has 7 heteroatoms. The molecular weight excluding hydrogens is 324 g/mol. The maximum absolute atomic E-state index is 12.3. The number of benzene rings is 1. The van der Waals surface area contributed by atoms with Gasteiger partial charge in [0.2, 0.25) is 5.91 Å². The largest absolute Gasteiger partial charge is 0.329 e. The van der Waals surface area contributed by atoms with E-state index in [4.69, 9.17) is 0 Å². The molecule has 0 radical (unpaired) electrons. The Morgan fingerprint density at radius 2 is 2.08 bits per heavy atom. The molecule has 3 rings (SSSR count). The SMILES string of the molecule is Cc1csc(N(C)C(=O)CNC(=O)N2CCc3ccccc3C2)n1. The molecule has 0 saturated carbocycles. The summed E-state index contributed by atoms with van der Waals surface area (Å²) in [6.45, 7) is 3.09. The van der Waals surface area contributed by atoms with Gasteiger partial charge in [-0.15, -0.1) is 11.3 Å². The summed E-state index contributed by atoms with van der Waals surface area (Å²) in [6.07, 6.45) is 0.843. The van der Waals surface area contributed by atoms with Crippen LogP contribution in [0, 0.1) is 6.92 Å². The van der Waals surface area contributed by atoms with Crippen LogP contribution in [0.3, 0.4) is 0 Å². The van der Waals surface area contributed by atoms with Crippen molar-refractivity contribution in [2.75, 3.05) is 25.0 Å². The van der Waals surface area contributed by atoms with Gasteiger partial charge < -0.3 is 10.2 Å². The fourth-order valence-corrected chi connectivity index (χ4v) is 3.44. The number of anilines is 1. The molecule has 0 atom stereocenters. The van der Waals surface area contributed by atoms with Crippen molar-refractivity contribution < 1.29 is 9.59 Å². The molecule has 1 aliphatic rings. The average molecular weight is 344 g/mol. The van der Waals surface area contributed by atoms with Crippen LogP contribution in [-0.4, -0.2) is 42.0 Å². The highest BCUT2D eigenvalue weighted by molar-refractivity contribution is 7.14. The third-order valence-electron chi connectivity index (χ3n) is 4.08. The van der Waals surface area contributed by atoms with Gasteiger partial charge in [0, 0.05) is 25.5 Å². The number of aromatic nitrogens is 1. The van der Waals surface area contributed by atoms with E-state index < -0.39 is 0 Å². The standard InChI is InChI=1S/C17H20N4O2S/c1-12-11-24-17(19-12)20(2)15(22)9-18-16(23)21-8-7-13-5-3-4-6-14(13)10-21/h3-6,11H,7-10H2,1-2H3,(H,18,23). The molecule has 24 heavy (non-hydrogen) atoms. The van der Waals surface area contributed by atoms with Crippen molar-refractivity contribution >= 4 is 28.4 Å². The van der Waals surface area contributed by atoms with Crippen molar-refractivity contribution in [1.82, 2.24) is 15.2 Å². The van der Waals surface area contributed by atoms with Gasteiger partial charge in [-0.05, 0) is 24.5 Å². The Hall–Kier alpha value is -2.41. The number of likely N-dealkylation sites (N-methyl/N-ethyl adjacent to an activating group) is 1. The van der Waals surface area contributed by atoms with E-state index in [9.17, 15) is 9.59 Å². The highest BCUT2D eigenvalue weighted by atomic mass is 32.1. The fraction of sp³-hybridized carbons (Fsp3) is 0.353. The highest BCUT2D eigenvalue weighted by Crippen LogP contribution is 2.19. The predicted octanol–water partition coefficient (Wildman–Crippen LogP) is 2.18. The van der Waals surface area contributed by atoms with E-state index in [0.717, 1.165) is 12.1 Å². The van der Waals surface area contributed by atoms with E-state index in [-0.39, 0.29) is 18.5 Å². The van der Waals surface area contributed by atoms with Gasteiger partial charge in [-0.25, -0.2) is 9.78 Å². The number of carbonyl (C=O) groups excluding carboxylic acids is 2. The van der Waals surface area contributed by atoms with Crippen LogP contribution in [0.4, 0.5) is 9.93 Å². The van der Waals surface area contributed by atoms with Gasteiger partial charge in [0.25, 0.3) is 0 Å². The molecule has 126 valence electrons. The lowest BCUT2D eigenvalue weighted by molar-refractivity contribution is -0.117. The first-order valence-electron chi connectivity index (χ1n) is 7.83. The van der Waals surface area contributed by atoms with Gasteiger partial charge in [-0.3, -0.25) is 9.69 Å². The number of nitrogens with one attached hydrogen (secondary N) is 1. The zero-order chi connectivity index (χ0) is 17.1. The van der Waals surface area contributed by atoms with Crippen LogP contribution in [0.5, 0.6) is 0 Å². The Kier molecular flexibility index (Phi) is 4.80. The maximum Gasteiger partial charge on any atom is 0.318 e. The van der Waals surface area contributed by atoms with Crippen LogP contribution in [-0.2, 0) is 17.8 Å². The molecule has 0 spiro atoms. The summed E-state index contributed by atoms with van der Waals surface area (Å²) in [6, 6.07) is 7.93. The summed E-state index contributed by atoms with van der Waals surface area (Å²) in [5.74, 6) is -0.185. The van der Waals surface area contributed by atoms with E-state index in [1.54, 1.807) is 11.9 Å². The van der Waals surface area contributed by atoms with Crippen molar-refractivity contribution in [3.05, 3.63) is 46.5 Å². The smallest absolute Gasteiger partial charge is 0.318 e. The maximum atomic E-state index is 12.3. The van der Waals surface area contributed by atoms with Crippen molar-refractivity contribution in [2.24, 2.45) is 0 Å². The van der Waals surface area contributed by atoms with Gasteiger partial charge in [-0.1, -0.05) is 24.3 Å². The number of amides is 3. The number of rotatable bonds is 3. The molecule has 2 aromatic rings. The summed E-state index contributed by atoms with van der Waals surface area (Å²) in [7, 11) is 1.67. The third-order valence-corrected chi connectivity index (χ3v) is 5.11. The Bertz CT molecular complexity index is 759. The van der Waals surface area contributed by atoms with Crippen LogP contribution < -0.4 is 10.2 Å². The lowest BCUT2D eigenvalue weighted by atomic mass is 10.0. The monoisotopic (exact) mass is 344 g/mol. The van der Waals surface area contributed by atoms with E-state index in [2.05, 4.69) is 16.4 Å². The van der Waals surface area contributed by atoms with Gasteiger partial charge in [0.1, 0.15) is 0 Å². The van der Waals surface area contributed by atoms with E-state index in [1.807, 2.05) is 30.5 Å². The van der Waals surface area contributed by atoms with Crippen LogP contribution in [0.1, 0.15) is 16.8 Å². The van der Waals surface area contributed by atoms with Gasteiger partial charge in [0.15, 0.2) is 5.13 Å². The molecular formula is C17H20N4O2S. The summed E-state index contributed by atoms with van der Waals surface area (Å²) in [5, 5.41) is 5.24. The third kappa shape index (κ3) is 3.56. The lowest BCUT2D eigenvalue weighted by Crippen LogP contribution is -2.46. The molecule has 0 bridgehead atoms. The number of aryl methyl sites for hydroxylation is 1. The topological polar surface area (TPSA) is 65.5 Å². The summed E-state index contributed by atoms with van der Waals surface area (Å²) in [5.41, 5.74) is 3.34. The summed E-state index contributed by atoms with van der Waals surface area (Å²) in [4.78, 5) is 32.0. The quantitative estimate of drug-likeness (QED) is 0.928. The highest BCUT2D eigenvalue weighted by Gasteiger charge is 2.21. The number of urea groups is 1. The minimum atomic E-state index is -0.207. The number of hydrogen-bond donors (Lipinski definition) is 1. The first-order chi connectivity index (χ1) is 11.5. The predicted molar refractivity (Wildman–Crippen MR) is 94.2 cm³/mol. The zero-order valence-corrected chi connectivity index (χ0v) is 14.6. The molecule has 0 aliphatic carbocycles. The molecule has 1 aliphatic heterocycles. The minimum absolute atomic E-state index is 0.0356. The molecule has 0 fully saturated rings. The molecule has 0 saturated heterocycles. The average Bonchev–Trinajstić information content (AvgIpc) is 3.04. The second kappa shape index (κ2) is 7.00. The number of hydrogen-bond acceptors (Lipinski definition) is 4. The van der Waals surface area contributed by atoms with Gasteiger partial charge in [-0.2, -0.15) is 0 Å². The molecule has 3 amide bonds. The normalized spacial score (nSPS) is 13.3. The Balaban J connectivity index is 1.53. The van der Waals surface area contributed by atoms with Crippen molar-refractivity contribution in [1.29, 1.82) is 0 Å². The van der Waals surface area contributed by atoms with Crippen LogP contribution in [0.15, 0.2) is 29.6 Å². The Morgan fingerprint density at radius 3 is 2.79 bits per heavy atom. The minimum Gasteiger partial charge on any atom is -0.329 e. The molecule has 1 aromatic carbocycles. The second-order valence-electron chi connectivity index (χ2n) is 5.82. The van der Waals surface area contributed by atoms with Crippen molar-refractivity contribution in [3.8, 4) is 0 Å². The van der Waals surface area contributed by atoms with Crippen molar-refractivity contribution in [2.45, 2.75) is 19.9 Å². The molecule has 2 heterocycles. The lowest BCUT2D eigenvalue weighted by Gasteiger charge is -2.29. The first-order valence-corrected chi connectivity index (χ1v) is 8.71. The van der Waals surface area contributed by atoms with Crippen molar-refractivity contribution in [3.63, 3.8) is 0 Å². The number of fused-ring (bicyclic) bond motifs is 1. The Labute approximate surface area is 145 Å². The molecule has 1 N–H and O–H groups in total. The van der Waals surface area contributed by atoms with Crippen LogP contribution in [0.2, 0.25) is 0 Å². The Morgan fingerprint density at radius 1 is 1.33 bits per heavy atom. The number of nitrogens with zero attached hydrogens (tertiary/aromatic N) is 3. The van der Waals surface area contributed by atoms with Gasteiger partial charge >= 0.3 is 6.03 Å². The molecule has 0 unspecified atom stereocenters. The molecule has 1 aromatic heterocycles. The van der Waals surface area contributed by atoms with E-state index in [0.29, 0.717) is 18.2 Å². The first kappa shape index (κ1) is 16.4. The molecule has 6 nitrogen and oxygen atoms in total. The van der Waals surface area contributed by atoms with E-state index in [1.165, 1.54) is 27.4 Å². The van der Waals surface area contributed by atoms with Crippen LogP contribution >= 0.6 is 11.3 Å². The summed E-state index contributed by atoms with van der Waals surface area (Å²) < 4.78 is 0. The van der Waals surface area contributed by atoms with Crippen LogP contribution in [0.25, 0.3) is 0 Å². The summed E-state index contributed by atoms with van der Waals surface area (Å²) >= 11 is 1.41. The second-order valence-corrected chi connectivity index (χ2v) is 6.66. The zero-order valence-electron chi connectivity index (χ0n) is 13.8. The fourth-order valence-electron chi connectivity index (χ4n) is 2.65. The van der Waals surface area contributed by atoms with Gasteiger partial charge in [0.05, 0.1) is 12.2 Å².